The van der Waals surface area contributed by atoms with Crippen molar-refractivity contribution >= 4 is 29.3 Å². The lowest BCUT2D eigenvalue weighted by atomic mass is 10.1. The molecule has 1 heterocycles. The molecular formula is C16H16N2O3S. The third-order valence-corrected chi connectivity index (χ3v) is 3.86. The maximum absolute atomic E-state index is 12.5. The van der Waals surface area contributed by atoms with Gasteiger partial charge in [-0.1, -0.05) is 30.0 Å². The van der Waals surface area contributed by atoms with E-state index in [1.54, 1.807) is 12.1 Å². The Morgan fingerprint density at radius 2 is 1.91 bits per heavy atom. The van der Waals surface area contributed by atoms with E-state index in [4.69, 9.17) is 5.11 Å². The number of hydrogen-bond acceptors (Lipinski definition) is 4. The fourth-order valence-electron chi connectivity index (χ4n) is 2.03. The number of thioether (sulfide) groups is 1. The summed E-state index contributed by atoms with van der Waals surface area (Å²) in [5.74, 6) is -1.37. The number of aryl methyl sites for hydroxylation is 2. The van der Waals surface area contributed by atoms with Gasteiger partial charge in [-0.3, -0.25) is 9.59 Å². The summed E-state index contributed by atoms with van der Waals surface area (Å²) in [4.78, 5) is 27.6. The van der Waals surface area contributed by atoms with Crippen molar-refractivity contribution in [3.8, 4) is 0 Å². The highest BCUT2D eigenvalue weighted by Gasteiger charge is 2.18. The quantitative estimate of drug-likeness (QED) is 0.829. The Balaban J connectivity index is 2.31. The smallest absolute Gasteiger partial charge is 0.313 e. The molecule has 0 unspecified atom stereocenters. The summed E-state index contributed by atoms with van der Waals surface area (Å²) in [7, 11) is 0. The highest BCUT2D eigenvalue weighted by molar-refractivity contribution is 8.00. The molecule has 1 aromatic heterocycles. The van der Waals surface area contributed by atoms with Gasteiger partial charge in [-0.25, -0.2) is 4.98 Å². The zero-order chi connectivity index (χ0) is 16.1. The van der Waals surface area contributed by atoms with Crippen LogP contribution in [0.2, 0.25) is 0 Å². The molecule has 22 heavy (non-hydrogen) atoms. The van der Waals surface area contributed by atoms with Gasteiger partial charge in [-0.15, -0.1) is 0 Å². The van der Waals surface area contributed by atoms with Crippen molar-refractivity contribution in [2.45, 2.75) is 18.9 Å². The summed E-state index contributed by atoms with van der Waals surface area (Å²) in [6.45, 7) is 3.64. The SMILES string of the molecule is Cc1cc(C)c(C(=O)Nc2ccccc2)c(SCC(=O)O)n1. The number of para-hydroxylation sites is 1. The van der Waals surface area contributed by atoms with Gasteiger partial charge in [-0.2, -0.15) is 0 Å². The van der Waals surface area contributed by atoms with E-state index in [0.29, 0.717) is 16.3 Å². The van der Waals surface area contributed by atoms with Gasteiger partial charge in [0.15, 0.2) is 0 Å². The number of carboxylic acid groups (broad SMARTS) is 1. The molecule has 0 spiro atoms. The molecule has 0 atom stereocenters. The molecule has 0 bridgehead atoms. The number of nitrogens with one attached hydrogen (secondary N) is 1. The molecule has 6 heteroatoms. The summed E-state index contributed by atoms with van der Waals surface area (Å²) in [5, 5.41) is 12.1. The topological polar surface area (TPSA) is 79.3 Å². The Labute approximate surface area is 132 Å². The molecule has 5 nitrogen and oxygen atoms in total. The second kappa shape index (κ2) is 7.09. The Bertz CT molecular complexity index is 702. The van der Waals surface area contributed by atoms with Crippen LogP contribution in [0.25, 0.3) is 0 Å². The lowest BCUT2D eigenvalue weighted by Crippen LogP contribution is -2.16. The Morgan fingerprint density at radius 3 is 2.55 bits per heavy atom. The molecule has 1 aromatic carbocycles. The summed E-state index contributed by atoms with van der Waals surface area (Å²) >= 11 is 1.05. The number of rotatable bonds is 5. The number of aromatic nitrogens is 1. The fourth-order valence-corrected chi connectivity index (χ4v) is 2.90. The summed E-state index contributed by atoms with van der Waals surface area (Å²) in [6, 6.07) is 10.9. The van der Waals surface area contributed by atoms with Crippen molar-refractivity contribution < 1.29 is 14.7 Å². The number of pyridine rings is 1. The largest absolute Gasteiger partial charge is 0.481 e. The van der Waals surface area contributed by atoms with E-state index in [-0.39, 0.29) is 11.7 Å². The van der Waals surface area contributed by atoms with Crippen LogP contribution in [0.3, 0.4) is 0 Å². The average molecular weight is 316 g/mol. The average Bonchev–Trinajstić information content (AvgIpc) is 2.45. The molecule has 0 aliphatic carbocycles. The van der Waals surface area contributed by atoms with Crippen molar-refractivity contribution in [3.05, 3.63) is 53.2 Å². The molecule has 0 aliphatic heterocycles. The van der Waals surface area contributed by atoms with Crippen LogP contribution in [0, 0.1) is 13.8 Å². The fraction of sp³-hybridized carbons (Fsp3) is 0.188. The standard InChI is InChI=1S/C16H16N2O3S/c1-10-8-11(2)17-16(22-9-13(19)20)14(10)15(21)18-12-6-4-3-5-7-12/h3-8H,9H2,1-2H3,(H,18,21)(H,19,20). The normalized spacial score (nSPS) is 10.3. The van der Waals surface area contributed by atoms with E-state index >= 15 is 0 Å². The second-order valence-electron chi connectivity index (χ2n) is 4.76. The van der Waals surface area contributed by atoms with E-state index in [0.717, 1.165) is 23.0 Å². The van der Waals surface area contributed by atoms with Gasteiger partial charge in [0.1, 0.15) is 5.03 Å². The van der Waals surface area contributed by atoms with Gasteiger partial charge in [0.05, 0.1) is 11.3 Å². The van der Waals surface area contributed by atoms with Gasteiger partial charge in [0.2, 0.25) is 0 Å². The van der Waals surface area contributed by atoms with Crippen LogP contribution in [0.15, 0.2) is 41.4 Å². The van der Waals surface area contributed by atoms with Crippen LogP contribution in [0.5, 0.6) is 0 Å². The summed E-state index contributed by atoms with van der Waals surface area (Å²) < 4.78 is 0. The molecule has 0 fully saturated rings. The number of carboxylic acids is 1. The molecule has 0 radical (unpaired) electrons. The second-order valence-corrected chi connectivity index (χ2v) is 5.73. The molecule has 1 amide bonds. The molecular weight excluding hydrogens is 300 g/mol. The first-order chi connectivity index (χ1) is 10.5. The number of benzene rings is 1. The molecule has 0 saturated heterocycles. The van der Waals surface area contributed by atoms with E-state index in [2.05, 4.69) is 10.3 Å². The summed E-state index contributed by atoms with van der Waals surface area (Å²) in [5.41, 5.74) is 2.62. The van der Waals surface area contributed by atoms with Crippen molar-refractivity contribution in [1.82, 2.24) is 4.98 Å². The maximum atomic E-state index is 12.5. The first-order valence-electron chi connectivity index (χ1n) is 6.66. The number of hydrogen-bond donors (Lipinski definition) is 2. The van der Waals surface area contributed by atoms with Gasteiger partial charge < -0.3 is 10.4 Å². The first kappa shape index (κ1) is 16.0. The van der Waals surface area contributed by atoms with Crippen LogP contribution < -0.4 is 5.32 Å². The van der Waals surface area contributed by atoms with Crippen molar-refractivity contribution in [3.63, 3.8) is 0 Å². The highest BCUT2D eigenvalue weighted by atomic mass is 32.2. The van der Waals surface area contributed by atoms with Crippen LogP contribution in [0.1, 0.15) is 21.6 Å². The minimum absolute atomic E-state index is 0.137. The monoisotopic (exact) mass is 316 g/mol. The van der Waals surface area contributed by atoms with Gasteiger partial charge in [0.25, 0.3) is 5.91 Å². The van der Waals surface area contributed by atoms with Gasteiger partial charge >= 0.3 is 5.97 Å². The number of carbonyl (C=O) groups excluding carboxylic acids is 1. The maximum Gasteiger partial charge on any atom is 0.313 e. The first-order valence-corrected chi connectivity index (χ1v) is 7.65. The Hall–Kier alpha value is -2.34. The predicted molar refractivity (Wildman–Crippen MR) is 86.5 cm³/mol. The molecule has 2 N–H and O–H groups in total. The van der Waals surface area contributed by atoms with Gasteiger partial charge in [-0.05, 0) is 37.6 Å². The molecule has 114 valence electrons. The van der Waals surface area contributed by atoms with Crippen LogP contribution in [-0.4, -0.2) is 27.7 Å². The molecule has 2 aromatic rings. The van der Waals surface area contributed by atoms with E-state index in [9.17, 15) is 9.59 Å². The Morgan fingerprint density at radius 1 is 1.23 bits per heavy atom. The van der Waals surface area contributed by atoms with E-state index in [1.807, 2.05) is 38.1 Å². The zero-order valence-corrected chi connectivity index (χ0v) is 13.1. The lowest BCUT2D eigenvalue weighted by Gasteiger charge is -2.12. The minimum atomic E-state index is -0.944. The van der Waals surface area contributed by atoms with Crippen LogP contribution in [-0.2, 0) is 4.79 Å². The number of carbonyl (C=O) groups is 2. The number of nitrogens with zero attached hydrogens (tertiary/aromatic N) is 1. The lowest BCUT2D eigenvalue weighted by molar-refractivity contribution is -0.133. The van der Waals surface area contributed by atoms with Crippen LogP contribution in [0.4, 0.5) is 5.69 Å². The molecule has 0 aliphatic rings. The van der Waals surface area contributed by atoms with Gasteiger partial charge in [0, 0.05) is 11.4 Å². The van der Waals surface area contributed by atoms with Crippen molar-refractivity contribution in [2.24, 2.45) is 0 Å². The molecule has 2 rings (SSSR count). The third-order valence-electron chi connectivity index (χ3n) is 2.90. The van der Waals surface area contributed by atoms with Crippen LogP contribution >= 0.6 is 11.8 Å². The molecule has 0 saturated carbocycles. The predicted octanol–water partition coefficient (Wildman–Crippen LogP) is 3.13. The number of anilines is 1. The highest BCUT2D eigenvalue weighted by Crippen LogP contribution is 2.25. The van der Waals surface area contributed by atoms with E-state index in [1.165, 1.54) is 0 Å². The van der Waals surface area contributed by atoms with E-state index < -0.39 is 5.97 Å². The van der Waals surface area contributed by atoms with Crippen molar-refractivity contribution in [2.75, 3.05) is 11.1 Å². The minimum Gasteiger partial charge on any atom is -0.481 e. The zero-order valence-electron chi connectivity index (χ0n) is 12.3. The summed E-state index contributed by atoms with van der Waals surface area (Å²) in [6.07, 6.45) is 0. The van der Waals surface area contributed by atoms with Crippen molar-refractivity contribution in [1.29, 1.82) is 0 Å². The third kappa shape index (κ3) is 4.08. The number of aliphatic carboxylic acids is 1. The number of amides is 1. The Kier molecular flexibility index (Phi) is 5.16.